The minimum absolute atomic E-state index is 0.214. The van der Waals surface area contributed by atoms with E-state index in [0.717, 1.165) is 30.4 Å². The van der Waals surface area contributed by atoms with Crippen LogP contribution < -0.4 is 10.6 Å². The molecule has 2 N–H and O–H groups in total. The first-order chi connectivity index (χ1) is 12.2. The first-order valence-electron chi connectivity index (χ1n) is 8.63. The monoisotopic (exact) mass is 363 g/mol. The topological polar surface area (TPSA) is 89.7 Å². The van der Waals surface area contributed by atoms with Gasteiger partial charge in [0.2, 0.25) is 0 Å². The summed E-state index contributed by atoms with van der Waals surface area (Å²) in [5.41, 5.74) is 1.30. The molecule has 0 saturated carbocycles. The lowest BCUT2D eigenvalue weighted by atomic mass is 10.0. The smallest absolute Gasteiger partial charge is 0.273 e. The Kier molecular flexibility index (Phi) is 6.09. The lowest BCUT2D eigenvalue weighted by Crippen LogP contribution is -2.34. The molecule has 136 valence electrons. The van der Waals surface area contributed by atoms with Gasteiger partial charge in [-0.2, -0.15) is 0 Å². The molecule has 0 aromatic carbocycles. The Hall–Kier alpha value is -1.87. The number of rotatable bonds is 7. The summed E-state index contributed by atoms with van der Waals surface area (Å²) in [7, 11) is 1.94. The maximum atomic E-state index is 12.3. The Morgan fingerprint density at radius 3 is 3.08 bits per heavy atom. The number of imidazole rings is 1. The van der Waals surface area contributed by atoms with Gasteiger partial charge in [-0.05, 0) is 32.1 Å². The average Bonchev–Trinajstić information content (AvgIpc) is 3.25. The third-order valence-corrected chi connectivity index (χ3v) is 5.29. The van der Waals surface area contributed by atoms with Crippen LogP contribution in [0.1, 0.15) is 41.9 Å². The van der Waals surface area contributed by atoms with Gasteiger partial charge in [-0.1, -0.05) is 23.4 Å². The van der Waals surface area contributed by atoms with Crippen molar-refractivity contribution >= 4 is 17.7 Å². The van der Waals surface area contributed by atoms with E-state index in [1.165, 1.54) is 19.3 Å². The molecular weight excluding hydrogens is 338 g/mol. The van der Waals surface area contributed by atoms with Crippen molar-refractivity contribution in [1.29, 1.82) is 0 Å². The number of nitrogens with zero attached hydrogens (tertiary/aromatic N) is 5. The summed E-state index contributed by atoms with van der Waals surface area (Å²) in [5, 5.41) is 15.4. The van der Waals surface area contributed by atoms with E-state index in [4.69, 9.17) is 0 Å². The second kappa shape index (κ2) is 8.48. The van der Waals surface area contributed by atoms with Crippen molar-refractivity contribution < 1.29 is 4.79 Å². The molecule has 3 heterocycles. The predicted octanol–water partition coefficient (Wildman–Crippen LogP) is 1.20. The van der Waals surface area contributed by atoms with E-state index in [9.17, 15) is 4.79 Å². The Morgan fingerprint density at radius 1 is 1.48 bits per heavy atom. The fourth-order valence-electron chi connectivity index (χ4n) is 3.01. The Morgan fingerprint density at radius 2 is 2.36 bits per heavy atom. The SMILES string of the molecule is CSc1ncc(CNC(=O)c2cn(CCC3CCCCN3)nn2)n1C. The lowest BCUT2D eigenvalue weighted by molar-refractivity contribution is 0.0945. The van der Waals surface area contributed by atoms with Gasteiger partial charge in [-0.15, -0.1) is 5.10 Å². The fourth-order valence-corrected chi connectivity index (χ4v) is 3.56. The summed E-state index contributed by atoms with van der Waals surface area (Å²) in [6, 6.07) is 0.547. The molecule has 1 amide bonds. The van der Waals surface area contributed by atoms with Crippen molar-refractivity contribution in [3.63, 3.8) is 0 Å². The maximum absolute atomic E-state index is 12.3. The number of thioether (sulfide) groups is 1. The summed E-state index contributed by atoms with van der Waals surface area (Å²) in [6.07, 6.45) is 10.2. The van der Waals surface area contributed by atoms with Gasteiger partial charge in [-0.3, -0.25) is 9.48 Å². The summed E-state index contributed by atoms with van der Waals surface area (Å²) in [4.78, 5) is 16.5. The third-order valence-electron chi connectivity index (χ3n) is 4.54. The van der Waals surface area contributed by atoms with Crippen molar-refractivity contribution in [3.8, 4) is 0 Å². The van der Waals surface area contributed by atoms with E-state index in [2.05, 4.69) is 25.9 Å². The fraction of sp³-hybridized carbons (Fsp3) is 0.625. The molecule has 9 heteroatoms. The lowest BCUT2D eigenvalue weighted by Gasteiger charge is -2.23. The number of carbonyl (C=O) groups excluding carboxylic acids is 1. The molecule has 25 heavy (non-hydrogen) atoms. The van der Waals surface area contributed by atoms with Crippen molar-refractivity contribution in [2.45, 2.75) is 50.0 Å². The van der Waals surface area contributed by atoms with Gasteiger partial charge >= 0.3 is 0 Å². The molecule has 1 aliphatic heterocycles. The maximum Gasteiger partial charge on any atom is 0.273 e. The van der Waals surface area contributed by atoms with Crippen molar-refractivity contribution in [3.05, 3.63) is 23.8 Å². The van der Waals surface area contributed by atoms with E-state index in [-0.39, 0.29) is 5.91 Å². The number of hydrogen-bond acceptors (Lipinski definition) is 6. The van der Waals surface area contributed by atoms with Crippen molar-refractivity contribution in [2.24, 2.45) is 7.05 Å². The summed E-state index contributed by atoms with van der Waals surface area (Å²) in [5.74, 6) is -0.214. The van der Waals surface area contributed by atoms with E-state index in [1.807, 2.05) is 17.9 Å². The van der Waals surface area contributed by atoms with Crippen LogP contribution in [0.4, 0.5) is 0 Å². The van der Waals surface area contributed by atoms with Gasteiger partial charge in [0.1, 0.15) is 0 Å². The van der Waals surface area contributed by atoms with E-state index < -0.39 is 0 Å². The highest BCUT2D eigenvalue weighted by Crippen LogP contribution is 2.13. The molecule has 0 bridgehead atoms. The molecule has 0 radical (unpaired) electrons. The molecule has 1 atom stereocenters. The molecule has 8 nitrogen and oxygen atoms in total. The van der Waals surface area contributed by atoms with E-state index in [1.54, 1.807) is 28.8 Å². The quantitative estimate of drug-likeness (QED) is 0.719. The third kappa shape index (κ3) is 4.60. The van der Waals surface area contributed by atoms with E-state index in [0.29, 0.717) is 18.3 Å². The number of piperidine rings is 1. The number of hydrogen-bond donors (Lipinski definition) is 2. The molecule has 1 unspecified atom stereocenters. The highest BCUT2D eigenvalue weighted by atomic mass is 32.2. The summed E-state index contributed by atoms with van der Waals surface area (Å²) < 4.78 is 3.72. The van der Waals surface area contributed by atoms with Crippen LogP contribution in [0.25, 0.3) is 0 Å². The van der Waals surface area contributed by atoms with Gasteiger partial charge in [0.05, 0.1) is 24.6 Å². The second-order valence-electron chi connectivity index (χ2n) is 6.28. The van der Waals surface area contributed by atoms with Crippen molar-refractivity contribution in [2.75, 3.05) is 12.8 Å². The minimum Gasteiger partial charge on any atom is -0.345 e. The predicted molar refractivity (Wildman–Crippen MR) is 96.4 cm³/mol. The molecule has 1 fully saturated rings. The number of aromatic nitrogens is 5. The Labute approximate surface area is 151 Å². The van der Waals surface area contributed by atoms with Crippen LogP contribution in [0.3, 0.4) is 0 Å². The van der Waals surface area contributed by atoms with Crippen LogP contribution in [0.15, 0.2) is 17.6 Å². The number of nitrogens with one attached hydrogen (secondary N) is 2. The normalized spacial score (nSPS) is 17.6. The number of amides is 1. The zero-order chi connectivity index (χ0) is 17.6. The number of aryl methyl sites for hydroxylation is 1. The summed E-state index contributed by atoms with van der Waals surface area (Å²) >= 11 is 1.58. The first kappa shape index (κ1) is 17.9. The summed E-state index contributed by atoms with van der Waals surface area (Å²) in [6.45, 7) is 2.29. The van der Waals surface area contributed by atoms with Crippen LogP contribution in [-0.2, 0) is 20.1 Å². The van der Waals surface area contributed by atoms with Crippen LogP contribution in [0.5, 0.6) is 0 Å². The molecule has 2 aromatic heterocycles. The first-order valence-corrected chi connectivity index (χ1v) is 9.86. The van der Waals surface area contributed by atoms with Gasteiger partial charge in [-0.25, -0.2) is 4.98 Å². The van der Waals surface area contributed by atoms with Crippen molar-refractivity contribution in [1.82, 2.24) is 35.2 Å². The molecule has 1 aliphatic rings. The average molecular weight is 363 g/mol. The van der Waals surface area contributed by atoms with Crippen LogP contribution in [-0.4, -0.2) is 49.3 Å². The van der Waals surface area contributed by atoms with Crippen LogP contribution in [0, 0.1) is 0 Å². The molecule has 2 aromatic rings. The van der Waals surface area contributed by atoms with Gasteiger partial charge in [0, 0.05) is 19.6 Å². The number of carbonyl (C=O) groups is 1. The molecule has 1 saturated heterocycles. The van der Waals surface area contributed by atoms with Crippen LogP contribution >= 0.6 is 11.8 Å². The second-order valence-corrected chi connectivity index (χ2v) is 7.05. The zero-order valence-electron chi connectivity index (χ0n) is 14.7. The van der Waals surface area contributed by atoms with Gasteiger partial charge < -0.3 is 15.2 Å². The Bertz CT molecular complexity index is 705. The molecule has 0 aliphatic carbocycles. The molecule has 0 spiro atoms. The minimum atomic E-state index is -0.214. The van der Waals surface area contributed by atoms with Gasteiger partial charge in [0.15, 0.2) is 10.9 Å². The van der Waals surface area contributed by atoms with E-state index >= 15 is 0 Å². The largest absolute Gasteiger partial charge is 0.345 e. The van der Waals surface area contributed by atoms with Crippen LogP contribution in [0.2, 0.25) is 0 Å². The Balaban J connectivity index is 1.49. The highest BCUT2D eigenvalue weighted by molar-refractivity contribution is 7.98. The van der Waals surface area contributed by atoms with Gasteiger partial charge in [0.25, 0.3) is 5.91 Å². The standard InChI is InChI=1S/C16H25N7OS/c1-22-13(10-19-16(22)25-2)9-18-15(24)14-11-23(21-20-14)8-6-12-5-3-4-7-17-12/h10-12,17H,3-9H2,1-2H3,(H,18,24). The zero-order valence-corrected chi connectivity index (χ0v) is 15.6. The molecular formula is C16H25N7OS. The molecule has 3 rings (SSSR count). The highest BCUT2D eigenvalue weighted by Gasteiger charge is 2.15.